The Balaban J connectivity index is 2.31. The number of rotatable bonds is 11. The second kappa shape index (κ2) is 11.2. The number of amides is 1. The van der Waals surface area contributed by atoms with Crippen LogP contribution in [-0.2, 0) is 19.1 Å². The summed E-state index contributed by atoms with van der Waals surface area (Å²) >= 11 is 12.1. The molecular formula is C20H25Cl2N3O5. The summed E-state index contributed by atoms with van der Waals surface area (Å²) in [5.74, 6) is -2.67. The molecule has 2 aromatic rings. The number of unbranched alkanes of at least 4 members (excludes halogenated alkanes) is 1. The first-order valence-corrected chi connectivity index (χ1v) is 10.6. The molecule has 164 valence electrons. The van der Waals surface area contributed by atoms with Crippen molar-refractivity contribution in [1.29, 1.82) is 0 Å². The van der Waals surface area contributed by atoms with Gasteiger partial charge in [-0.25, -0.2) is 9.78 Å². The number of halogens is 2. The van der Waals surface area contributed by atoms with E-state index in [1.54, 1.807) is 19.1 Å². The molecule has 1 aromatic heterocycles. The van der Waals surface area contributed by atoms with Crippen LogP contribution in [0, 0.1) is 0 Å². The number of aliphatic carboxylic acids is 1. The van der Waals surface area contributed by atoms with Gasteiger partial charge in [0.05, 0.1) is 33.6 Å². The molecule has 0 saturated carbocycles. The average molecular weight is 458 g/mol. The molecule has 2 unspecified atom stereocenters. The fraction of sp³-hybridized carbons (Fsp3) is 0.500. The number of esters is 1. The van der Waals surface area contributed by atoms with Gasteiger partial charge in [0.2, 0.25) is 5.91 Å². The number of aromatic nitrogens is 2. The molecule has 1 amide bonds. The summed E-state index contributed by atoms with van der Waals surface area (Å²) < 4.78 is 5.06. The number of nitrogens with one attached hydrogen (secondary N) is 2. The minimum atomic E-state index is -1.04. The first-order valence-electron chi connectivity index (χ1n) is 9.80. The Morgan fingerprint density at radius 2 is 1.90 bits per heavy atom. The summed E-state index contributed by atoms with van der Waals surface area (Å²) in [4.78, 5) is 43.8. The Labute approximate surface area is 184 Å². The molecule has 0 aliphatic carbocycles. The zero-order chi connectivity index (χ0) is 22.3. The number of benzene rings is 1. The van der Waals surface area contributed by atoms with Crippen LogP contribution in [0.25, 0.3) is 11.0 Å². The summed E-state index contributed by atoms with van der Waals surface area (Å²) in [6, 6.07) is 2.34. The van der Waals surface area contributed by atoms with E-state index >= 15 is 0 Å². The van der Waals surface area contributed by atoms with Gasteiger partial charge in [0.15, 0.2) is 0 Å². The highest BCUT2D eigenvalue weighted by atomic mass is 35.5. The first-order chi connectivity index (χ1) is 14.3. The number of imidazole rings is 1. The fourth-order valence-electron chi connectivity index (χ4n) is 3.02. The third-order valence-electron chi connectivity index (χ3n) is 4.57. The summed E-state index contributed by atoms with van der Waals surface area (Å²) in [5.41, 5.74) is 1.07. The lowest BCUT2D eigenvalue weighted by Crippen LogP contribution is -2.44. The third kappa shape index (κ3) is 6.34. The molecule has 0 aliphatic heterocycles. The smallest absolute Gasteiger partial charge is 0.328 e. The topological polar surface area (TPSA) is 121 Å². The second-order valence-electron chi connectivity index (χ2n) is 6.85. The predicted octanol–water partition coefficient (Wildman–Crippen LogP) is 4.06. The van der Waals surface area contributed by atoms with Crippen molar-refractivity contribution in [2.24, 2.45) is 0 Å². The Kier molecular flexibility index (Phi) is 8.92. The van der Waals surface area contributed by atoms with Gasteiger partial charge in [-0.2, -0.15) is 0 Å². The van der Waals surface area contributed by atoms with Crippen LogP contribution in [0.3, 0.4) is 0 Å². The normalized spacial score (nSPS) is 13.1. The molecule has 30 heavy (non-hydrogen) atoms. The number of fused-ring (bicyclic) bond motifs is 1. The maximum absolute atomic E-state index is 13.0. The monoisotopic (exact) mass is 457 g/mol. The van der Waals surface area contributed by atoms with Crippen molar-refractivity contribution in [2.45, 2.75) is 57.9 Å². The summed E-state index contributed by atoms with van der Waals surface area (Å²) in [5, 5.41) is 12.4. The van der Waals surface area contributed by atoms with E-state index < -0.39 is 29.8 Å². The van der Waals surface area contributed by atoms with Crippen LogP contribution in [0.1, 0.15) is 57.7 Å². The van der Waals surface area contributed by atoms with Gasteiger partial charge in [-0.05, 0) is 31.9 Å². The van der Waals surface area contributed by atoms with Crippen molar-refractivity contribution in [3.05, 3.63) is 28.0 Å². The average Bonchev–Trinajstić information content (AvgIpc) is 3.07. The maximum atomic E-state index is 13.0. The molecule has 2 rings (SSSR count). The Morgan fingerprint density at radius 3 is 2.53 bits per heavy atom. The van der Waals surface area contributed by atoms with Crippen molar-refractivity contribution in [3.8, 4) is 0 Å². The minimum Gasteiger partial charge on any atom is -0.481 e. The van der Waals surface area contributed by atoms with Crippen molar-refractivity contribution in [1.82, 2.24) is 15.3 Å². The highest BCUT2D eigenvalue weighted by Crippen LogP contribution is 2.29. The molecule has 1 aromatic carbocycles. The number of hydrogen-bond acceptors (Lipinski definition) is 5. The molecule has 0 saturated heterocycles. The second-order valence-corrected chi connectivity index (χ2v) is 7.66. The number of carboxylic acids is 1. The van der Waals surface area contributed by atoms with E-state index in [1.807, 2.05) is 6.92 Å². The van der Waals surface area contributed by atoms with Gasteiger partial charge in [0, 0.05) is 6.42 Å². The van der Waals surface area contributed by atoms with E-state index in [1.165, 1.54) is 0 Å². The number of hydrogen-bond donors (Lipinski definition) is 3. The lowest BCUT2D eigenvalue weighted by Gasteiger charge is -2.20. The highest BCUT2D eigenvalue weighted by Gasteiger charge is 2.29. The van der Waals surface area contributed by atoms with E-state index in [9.17, 15) is 14.4 Å². The summed E-state index contributed by atoms with van der Waals surface area (Å²) in [7, 11) is 0. The van der Waals surface area contributed by atoms with E-state index in [2.05, 4.69) is 15.3 Å². The summed E-state index contributed by atoms with van der Waals surface area (Å²) in [6.07, 6.45) is 1.77. The number of nitrogens with zero attached hydrogens (tertiary/aromatic N) is 1. The molecule has 8 nitrogen and oxygen atoms in total. The van der Waals surface area contributed by atoms with Crippen LogP contribution >= 0.6 is 23.2 Å². The Bertz CT molecular complexity index is 876. The fourth-order valence-corrected chi connectivity index (χ4v) is 3.34. The molecule has 2 atom stereocenters. The van der Waals surface area contributed by atoms with Gasteiger partial charge in [-0.15, -0.1) is 0 Å². The number of ether oxygens (including phenoxy) is 1. The number of aromatic amines is 1. The van der Waals surface area contributed by atoms with Crippen molar-refractivity contribution in [3.63, 3.8) is 0 Å². The van der Waals surface area contributed by atoms with Crippen LogP contribution in [0.2, 0.25) is 10.0 Å². The van der Waals surface area contributed by atoms with Gasteiger partial charge in [-0.1, -0.05) is 43.0 Å². The van der Waals surface area contributed by atoms with E-state index in [-0.39, 0.29) is 25.3 Å². The van der Waals surface area contributed by atoms with Crippen molar-refractivity contribution < 1.29 is 24.2 Å². The molecular weight excluding hydrogens is 433 g/mol. The SMILES string of the molecule is CCCCC(NC(=O)C(CCC(=O)O)c1nc2cc(Cl)c(Cl)cc2[nH]1)C(=O)OCC. The molecule has 0 spiro atoms. The molecule has 1 heterocycles. The highest BCUT2D eigenvalue weighted by molar-refractivity contribution is 6.42. The number of carboxylic acid groups (broad SMARTS) is 1. The standard InChI is InChI=1S/C20H25Cl2N3O5/c1-3-5-6-14(20(29)30-4-2)25-19(28)11(7-8-17(26)27)18-23-15-9-12(21)13(22)10-16(15)24-18/h9-11,14H,3-8H2,1-2H3,(H,23,24)(H,25,28)(H,26,27). The van der Waals surface area contributed by atoms with Crippen LogP contribution in [-0.4, -0.2) is 45.6 Å². The molecule has 3 N–H and O–H groups in total. The lowest BCUT2D eigenvalue weighted by molar-refractivity contribution is -0.148. The van der Waals surface area contributed by atoms with E-state index in [0.29, 0.717) is 27.5 Å². The minimum absolute atomic E-state index is 0.00573. The molecule has 0 aliphatic rings. The van der Waals surface area contributed by atoms with Crippen LogP contribution in [0.15, 0.2) is 12.1 Å². The molecule has 0 radical (unpaired) electrons. The van der Waals surface area contributed by atoms with Gasteiger partial charge >= 0.3 is 11.9 Å². The quantitative estimate of drug-likeness (QED) is 0.437. The maximum Gasteiger partial charge on any atom is 0.328 e. The summed E-state index contributed by atoms with van der Waals surface area (Å²) in [6.45, 7) is 3.87. The number of carbonyl (C=O) groups excluding carboxylic acids is 2. The Hall–Kier alpha value is -2.32. The van der Waals surface area contributed by atoms with Gasteiger partial charge < -0.3 is 20.1 Å². The van der Waals surface area contributed by atoms with Gasteiger partial charge in [0.1, 0.15) is 11.9 Å². The third-order valence-corrected chi connectivity index (χ3v) is 5.29. The number of H-pyrrole nitrogens is 1. The van der Waals surface area contributed by atoms with Gasteiger partial charge in [0.25, 0.3) is 0 Å². The zero-order valence-corrected chi connectivity index (χ0v) is 18.3. The van der Waals surface area contributed by atoms with E-state index in [4.69, 9.17) is 33.0 Å². The lowest BCUT2D eigenvalue weighted by atomic mass is 10.00. The van der Waals surface area contributed by atoms with Crippen molar-refractivity contribution >= 4 is 52.1 Å². The first kappa shape index (κ1) is 24.0. The van der Waals surface area contributed by atoms with Crippen LogP contribution < -0.4 is 5.32 Å². The van der Waals surface area contributed by atoms with Crippen molar-refractivity contribution in [2.75, 3.05) is 6.61 Å². The largest absolute Gasteiger partial charge is 0.481 e. The van der Waals surface area contributed by atoms with Gasteiger partial charge in [-0.3, -0.25) is 9.59 Å². The zero-order valence-electron chi connectivity index (χ0n) is 16.8. The van der Waals surface area contributed by atoms with Crippen LogP contribution in [0.5, 0.6) is 0 Å². The number of carbonyl (C=O) groups is 3. The molecule has 0 bridgehead atoms. The Morgan fingerprint density at radius 1 is 1.20 bits per heavy atom. The van der Waals surface area contributed by atoms with E-state index in [0.717, 1.165) is 12.8 Å². The predicted molar refractivity (Wildman–Crippen MR) is 114 cm³/mol. The van der Waals surface area contributed by atoms with Crippen LogP contribution in [0.4, 0.5) is 0 Å². The molecule has 10 heteroatoms. The molecule has 0 fully saturated rings.